The SMILES string of the molecule is CCOc1cc(-c2ccc(N3C4CCC3CN(C=O)C4)nc2)c2c3cn[nH]c3nn2c1. The molecule has 9 nitrogen and oxygen atoms in total. The molecular weight excluding hydrogens is 394 g/mol. The number of H-pyrrole nitrogens is 1. The molecule has 0 aromatic carbocycles. The predicted molar refractivity (Wildman–Crippen MR) is 116 cm³/mol. The number of pyridine rings is 2. The molecule has 6 heterocycles. The average Bonchev–Trinajstić information content (AvgIpc) is 3.45. The predicted octanol–water partition coefficient (Wildman–Crippen LogP) is 2.48. The third kappa shape index (κ3) is 2.83. The van der Waals surface area contributed by atoms with Gasteiger partial charge in [-0.25, -0.2) is 9.50 Å². The highest BCUT2D eigenvalue weighted by Crippen LogP contribution is 2.36. The summed E-state index contributed by atoms with van der Waals surface area (Å²) in [6.45, 7) is 4.10. The number of nitrogens with zero attached hydrogens (tertiary/aromatic N) is 6. The van der Waals surface area contributed by atoms with Gasteiger partial charge in [0.15, 0.2) is 5.65 Å². The summed E-state index contributed by atoms with van der Waals surface area (Å²) >= 11 is 0. The molecule has 2 bridgehead atoms. The molecule has 2 aliphatic rings. The number of amides is 1. The summed E-state index contributed by atoms with van der Waals surface area (Å²) in [4.78, 5) is 20.3. The van der Waals surface area contributed by atoms with Gasteiger partial charge in [-0.05, 0) is 38.0 Å². The van der Waals surface area contributed by atoms with E-state index in [1.165, 1.54) is 0 Å². The van der Waals surface area contributed by atoms with Gasteiger partial charge >= 0.3 is 0 Å². The Hall–Kier alpha value is -3.62. The number of carbonyl (C=O) groups is 1. The first kappa shape index (κ1) is 18.2. The van der Waals surface area contributed by atoms with Crippen LogP contribution in [0.15, 0.2) is 36.8 Å². The van der Waals surface area contributed by atoms with E-state index in [1.54, 1.807) is 6.20 Å². The number of nitrogens with one attached hydrogen (secondary N) is 1. The first-order valence-electron chi connectivity index (χ1n) is 10.7. The fourth-order valence-corrected chi connectivity index (χ4v) is 5.10. The molecule has 2 aliphatic heterocycles. The fourth-order valence-electron chi connectivity index (χ4n) is 5.10. The number of rotatable bonds is 5. The fraction of sp³-hybridized carbons (Fsp3) is 0.364. The minimum Gasteiger partial charge on any atom is -0.492 e. The summed E-state index contributed by atoms with van der Waals surface area (Å²) in [6.07, 6.45) is 8.78. The number of piperazine rings is 1. The topological polar surface area (TPSA) is 91.6 Å². The van der Waals surface area contributed by atoms with Crippen LogP contribution >= 0.6 is 0 Å². The van der Waals surface area contributed by atoms with Crippen LogP contribution in [0.4, 0.5) is 5.82 Å². The number of ether oxygens (including phenoxy) is 1. The minimum atomic E-state index is 0.343. The van der Waals surface area contributed by atoms with Crippen LogP contribution in [-0.2, 0) is 4.79 Å². The van der Waals surface area contributed by atoms with Crippen LogP contribution in [0.25, 0.3) is 27.7 Å². The van der Waals surface area contributed by atoms with Gasteiger partial charge in [0.2, 0.25) is 6.41 Å². The van der Waals surface area contributed by atoms with Gasteiger partial charge in [0, 0.05) is 42.5 Å². The van der Waals surface area contributed by atoms with E-state index in [2.05, 4.69) is 32.3 Å². The van der Waals surface area contributed by atoms with Crippen molar-refractivity contribution >= 4 is 28.8 Å². The van der Waals surface area contributed by atoms with Crippen molar-refractivity contribution < 1.29 is 9.53 Å². The van der Waals surface area contributed by atoms with E-state index in [4.69, 9.17) is 9.72 Å². The van der Waals surface area contributed by atoms with Gasteiger partial charge in [-0.2, -0.15) is 5.10 Å². The molecule has 2 saturated heterocycles. The van der Waals surface area contributed by atoms with Gasteiger partial charge in [0.1, 0.15) is 11.6 Å². The molecule has 4 aromatic rings. The molecule has 6 rings (SSSR count). The Kier molecular flexibility index (Phi) is 4.09. The Bertz CT molecular complexity index is 1250. The van der Waals surface area contributed by atoms with Gasteiger partial charge in [-0.15, -0.1) is 5.10 Å². The van der Waals surface area contributed by atoms with Crippen LogP contribution in [0.5, 0.6) is 5.75 Å². The lowest BCUT2D eigenvalue weighted by molar-refractivity contribution is -0.119. The van der Waals surface area contributed by atoms with Gasteiger partial charge in [0.25, 0.3) is 0 Å². The lowest BCUT2D eigenvalue weighted by atomic mass is 10.1. The largest absolute Gasteiger partial charge is 0.492 e. The second-order valence-corrected chi connectivity index (χ2v) is 8.20. The summed E-state index contributed by atoms with van der Waals surface area (Å²) in [7, 11) is 0. The summed E-state index contributed by atoms with van der Waals surface area (Å²) in [6, 6.07) is 6.92. The summed E-state index contributed by atoms with van der Waals surface area (Å²) in [5, 5.41) is 12.6. The standard InChI is InChI=1S/C22H23N7O2/c1-2-31-17-7-18(21-19-9-24-25-22(19)26-28(21)12-17)14-3-6-20(23-8-14)29-15-4-5-16(29)11-27(10-15)13-30/h3,6-9,12-13,15-16H,2,4-5,10-11H2,1H3,(H,25,26). The Balaban J connectivity index is 1.41. The second kappa shape index (κ2) is 6.97. The maximum atomic E-state index is 11.2. The van der Waals surface area contributed by atoms with E-state index < -0.39 is 0 Å². The molecule has 0 spiro atoms. The number of hydrogen-bond donors (Lipinski definition) is 1. The third-order valence-corrected chi connectivity index (χ3v) is 6.40. The van der Waals surface area contributed by atoms with E-state index in [1.807, 2.05) is 34.8 Å². The lowest BCUT2D eigenvalue weighted by Gasteiger charge is -2.40. The van der Waals surface area contributed by atoms with E-state index >= 15 is 0 Å². The van der Waals surface area contributed by atoms with Crippen LogP contribution in [0.3, 0.4) is 0 Å². The van der Waals surface area contributed by atoms with Crippen molar-refractivity contribution in [3.05, 3.63) is 36.8 Å². The molecule has 158 valence electrons. The minimum absolute atomic E-state index is 0.343. The Morgan fingerprint density at radius 2 is 2.06 bits per heavy atom. The van der Waals surface area contributed by atoms with Crippen LogP contribution in [0.1, 0.15) is 19.8 Å². The zero-order valence-electron chi connectivity index (χ0n) is 17.2. The maximum absolute atomic E-state index is 11.2. The molecule has 2 unspecified atom stereocenters. The van der Waals surface area contributed by atoms with Crippen LogP contribution in [-0.4, -0.2) is 67.9 Å². The molecule has 4 aromatic heterocycles. The maximum Gasteiger partial charge on any atom is 0.209 e. The first-order chi connectivity index (χ1) is 15.2. The van der Waals surface area contributed by atoms with Crippen molar-refractivity contribution in [2.75, 3.05) is 24.6 Å². The number of aromatic amines is 1. The summed E-state index contributed by atoms with van der Waals surface area (Å²) < 4.78 is 7.62. The molecule has 31 heavy (non-hydrogen) atoms. The second-order valence-electron chi connectivity index (χ2n) is 8.20. The highest BCUT2D eigenvalue weighted by atomic mass is 16.5. The molecule has 0 aliphatic carbocycles. The highest BCUT2D eigenvalue weighted by molar-refractivity contribution is 6.00. The normalized spacial score (nSPS) is 20.7. The molecule has 2 atom stereocenters. The zero-order chi connectivity index (χ0) is 20.9. The molecule has 9 heteroatoms. The van der Waals surface area contributed by atoms with E-state index in [-0.39, 0.29) is 0 Å². The van der Waals surface area contributed by atoms with E-state index in [9.17, 15) is 4.79 Å². The number of carbonyl (C=O) groups excluding carboxylic acids is 1. The van der Waals surface area contributed by atoms with Crippen LogP contribution < -0.4 is 9.64 Å². The van der Waals surface area contributed by atoms with Gasteiger partial charge < -0.3 is 14.5 Å². The van der Waals surface area contributed by atoms with Crippen molar-refractivity contribution in [3.63, 3.8) is 0 Å². The smallest absolute Gasteiger partial charge is 0.209 e. The number of anilines is 1. The number of likely N-dealkylation sites (tertiary alicyclic amines) is 1. The van der Waals surface area contributed by atoms with E-state index in [0.29, 0.717) is 18.7 Å². The monoisotopic (exact) mass is 417 g/mol. The number of hydrogen-bond acceptors (Lipinski definition) is 6. The van der Waals surface area contributed by atoms with Gasteiger partial charge in [-0.1, -0.05) is 0 Å². The van der Waals surface area contributed by atoms with Crippen molar-refractivity contribution in [1.82, 2.24) is 29.7 Å². The number of fused-ring (bicyclic) bond motifs is 5. The summed E-state index contributed by atoms with van der Waals surface area (Å²) in [5.74, 6) is 1.73. The number of aromatic nitrogens is 5. The molecule has 1 N–H and O–H groups in total. The lowest BCUT2D eigenvalue weighted by Crippen LogP contribution is -2.53. The third-order valence-electron chi connectivity index (χ3n) is 6.40. The van der Waals surface area contributed by atoms with Crippen molar-refractivity contribution in [2.24, 2.45) is 0 Å². The first-order valence-corrected chi connectivity index (χ1v) is 10.7. The van der Waals surface area contributed by atoms with E-state index in [0.717, 1.165) is 71.6 Å². The highest BCUT2D eigenvalue weighted by Gasteiger charge is 2.40. The van der Waals surface area contributed by atoms with Gasteiger partial charge in [-0.3, -0.25) is 9.89 Å². The Morgan fingerprint density at radius 3 is 2.77 bits per heavy atom. The molecule has 2 fully saturated rings. The quantitative estimate of drug-likeness (QED) is 0.502. The summed E-state index contributed by atoms with van der Waals surface area (Å²) in [5.41, 5.74) is 3.71. The van der Waals surface area contributed by atoms with Crippen molar-refractivity contribution in [2.45, 2.75) is 31.8 Å². The molecular formula is C22H23N7O2. The Labute approximate surface area is 178 Å². The zero-order valence-corrected chi connectivity index (χ0v) is 17.2. The molecule has 0 saturated carbocycles. The average molecular weight is 417 g/mol. The molecule has 1 amide bonds. The van der Waals surface area contributed by atoms with Crippen LogP contribution in [0, 0.1) is 0 Å². The van der Waals surface area contributed by atoms with Crippen molar-refractivity contribution in [1.29, 1.82) is 0 Å². The van der Waals surface area contributed by atoms with Gasteiger partial charge in [0.05, 0.1) is 29.9 Å². The van der Waals surface area contributed by atoms with Crippen LogP contribution in [0.2, 0.25) is 0 Å². The Morgan fingerprint density at radius 1 is 1.23 bits per heavy atom. The van der Waals surface area contributed by atoms with Crippen molar-refractivity contribution in [3.8, 4) is 16.9 Å². The molecule has 0 radical (unpaired) electrons.